The average molecular weight is 336 g/mol. The third-order valence-electron chi connectivity index (χ3n) is 3.47. The molecule has 0 radical (unpaired) electrons. The number of rotatable bonds is 4. The van der Waals surface area contributed by atoms with Gasteiger partial charge in [0.05, 0.1) is 15.4 Å². The van der Waals surface area contributed by atoms with Gasteiger partial charge in [-0.2, -0.15) is 0 Å². The maximum absolute atomic E-state index is 12.3. The highest BCUT2D eigenvalue weighted by Gasteiger charge is 2.15. The molecule has 0 amide bonds. The predicted molar refractivity (Wildman–Crippen MR) is 94.8 cm³/mol. The molecule has 1 N–H and O–H groups in total. The van der Waals surface area contributed by atoms with E-state index in [0.29, 0.717) is 16.2 Å². The van der Waals surface area contributed by atoms with Crippen LogP contribution in [0.15, 0.2) is 82.6 Å². The third-order valence-corrected chi connectivity index (χ3v) is 4.76. The van der Waals surface area contributed by atoms with Crippen molar-refractivity contribution in [1.82, 2.24) is 0 Å². The first kappa shape index (κ1) is 16.1. The molecule has 3 aromatic rings. The van der Waals surface area contributed by atoms with E-state index in [2.05, 4.69) is 0 Å². The lowest BCUT2D eigenvalue weighted by molar-refractivity contribution is 0.0730. The van der Waals surface area contributed by atoms with Crippen LogP contribution >= 0.6 is 11.8 Å². The molecule has 0 saturated carbocycles. The Bertz CT molecular complexity index is 860. The number of para-hydroxylation sites is 1. The van der Waals surface area contributed by atoms with Crippen LogP contribution in [-0.4, -0.2) is 11.1 Å². The third kappa shape index (κ3) is 3.60. The quantitative estimate of drug-likeness (QED) is 0.534. The van der Waals surface area contributed by atoms with Crippen molar-refractivity contribution in [2.45, 2.75) is 16.7 Å². The molecule has 0 atom stereocenters. The number of benzene rings is 3. The minimum absolute atomic E-state index is 0.200. The lowest BCUT2D eigenvalue weighted by atomic mass is 10.2. The number of phenolic OH excluding ortho intramolecular Hbond substituents is 1. The lowest BCUT2D eigenvalue weighted by Crippen LogP contribution is -2.09. The van der Waals surface area contributed by atoms with Crippen LogP contribution in [0.25, 0.3) is 0 Å². The molecule has 120 valence electrons. The van der Waals surface area contributed by atoms with Crippen molar-refractivity contribution in [3.63, 3.8) is 0 Å². The van der Waals surface area contributed by atoms with Gasteiger partial charge in [-0.3, -0.25) is 0 Å². The highest BCUT2D eigenvalue weighted by molar-refractivity contribution is 7.99. The van der Waals surface area contributed by atoms with Crippen LogP contribution in [0, 0.1) is 6.92 Å². The summed E-state index contributed by atoms with van der Waals surface area (Å²) in [5.74, 6) is 0.281. The summed E-state index contributed by atoms with van der Waals surface area (Å²) in [6.45, 7) is 1.95. The van der Waals surface area contributed by atoms with Crippen LogP contribution in [-0.2, 0) is 0 Å². The van der Waals surface area contributed by atoms with Gasteiger partial charge in [0.1, 0.15) is 11.5 Å². The molecule has 4 heteroatoms. The van der Waals surface area contributed by atoms with E-state index in [-0.39, 0.29) is 5.75 Å². The number of aromatic hydroxyl groups is 1. The van der Waals surface area contributed by atoms with Gasteiger partial charge in [0.2, 0.25) is 0 Å². The molecule has 0 unspecified atom stereocenters. The largest absolute Gasteiger partial charge is 0.507 e. The Hall–Kier alpha value is -2.72. The summed E-state index contributed by atoms with van der Waals surface area (Å²) in [7, 11) is 0. The van der Waals surface area contributed by atoms with E-state index in [1.54, 1.807) is 42.5 Å². The molecule has 0 aromatic heterocycles. The summed E-state index contributed by atoms with van der Waals surface area (Å²) in [6.07, 6.45) is 0. The minimum atomic E-state index is -0.402. The highest BCUT2D eigenvalue weighted by atomic mass is 32.2. The number of hydrogen-bond donors (Lipinski definition) is 1. The Morgan fingerprint density at radius 1 is 0.917 bits per heavy atom. The van der Waals surface area contributed by atoms with Gasteiger partial charge in [-0.05, 0) is 42.8 Å². The molecular formula is C20H16O3S. The molecule has 3 nitrogen and oxygen atoms in total. The summed E-state index contributed by atoms with van der Waals surface area (Å²) >= 11 is 1.38. The number of carbonyl (C=O) groups is 1. The van der Waals surface area contributed by atoms with Gasteiger partial charge in [-0.15, -0.1) is 0 Å². The van der Waals surface area contributed by atoms with Crippen molar-refractivity contribution in [2.24, 2.45) is 0 Å². The van der Waals surface area contributed by atoms with E-state index in [1.165, 1.54) is 11.8 Å². The second-order valence-electron chi connectivity index (χ2n) is 5.23. The number of phenols is 1. The molecule has 0 saturated heterocycles. The lowest BCUT2D eigenvalue weighted by Gasteiger charge is -2.13. The standard InChI is InChI=1S/C20H16O3S/c1-14-8-7-12-17(23-20(22)15-9-3-2-4-10-15)19(14)24-18-13-6-5-11-16(18)21/h2-13,21H,1H3. The molecular weight excluding hydrogens is 320 g/mol. The number of aryl methyl sites for hydroxylation is 1. The van der Waals surface area contributed by atoms with Crippen molar-refractivity contribution in [3.8, 4) is 11.5 Å². The molecule has 24 heavy (non-hydrogen) atoms. The highest BCUT2D eigenvalue weighted by Crippen LogP contribution is 2.41. The fourth-order valence-corrected chi connectivity index (χ4v) is 3.20. The van der Waals surface area contributed by atoms with E-state index in [0.717, 1.165) is 10.5 Å². The number of esters is 1. The topological polar surface area (TPSA) is 46.5 Å². The summed E-state index contributed by atoms with van der Waals surface area (Å²) in [6, 6.07) is 21.5. The second-order valence-corrected chi connectivity index (χ2v) is 6.28. The van der Waals surface area contributed by atoms with Crippen molar-refractivity contribution in [2.75, 3.05) is 0 Å². The molecule has 0 aliphatic heterocycles. The van der Waals surface area contributed by atoms with E-state index in [1.807, 2.05) is 37.3 Å². The number of carbonyl (C=O) groups excluding carboxylic acids is 1. The maximum Gasteiger partial charge on any atom is 0.343 e. The molecule has 0 bridgehead atoms. The fraction of sp³-hybridized carbons (Fsp3) is 0.0500. The smallest absolute Gasteiger partial charge is 0.343 e. The summed E-state index contributed by atoms with van der Waals surface area (Å²) in [4.78, 5) is 13.8. The number of hydrogen-bond acceptors (Lipinski definition) is 4. The first-order chi connectivity index (χ1) is 11.6. The van der Waals surface area contributed by atoms with E-state index >= 15 is 0 Å². The Kier molecular flexibility index (Phi) is 4.87. The van der Waals surface area contributed by atoms with Crippen LogP contribution in [0.2, 0.25) is 0 Å². The molecule has 0 heterocycles. The molecule has 3 aromatic carbocycles. The van der Waals surface area contributed by atoms with Gasteiger partial charge in [-0.1, -0.05) is 54.2 Å². The van der Waals surface area contributed by atoms with Gasteiger partial charge >= 0.3 is 5.97 Å². The monoisotopic (exact) mass is 336 g/mol. The second kappa shape index (κ2) is 7.23. The Morgan fingerprint density at radius 2 is 1.62 bits per heavy atom. The minimum Gasteiger partial charge on any atom is -0.507 e. The molecule has 0 spiro atoms. The van der Waals surface area contributed by atoms with Gasteiger partial charge in [0.25, 0.3) is 0 Å². The average Bonchev–Trinajstić information content (AvgIpc) is 2.60. The van der Waals surface area contributed by atoms with Crippen LogP contribution in [0.3, 0.4) is 0 Å². The van der Waals surface area contributed by atoms with Gasteiger partial charge in [-0.25, -0.2) is 4.79 Å². The van der Waals surface area contributed by atoms with Crippen LogP contribution < -0.4 is 4.74 Å². The van der Waals surface area contributed by atoms with E-state index in [9.17, 15) is 9.90 Å². The van der Waals surface area contributed by atoms with Gasteiger partial charge in [0, 0.05) is 0 Å². The van der Waals surface area contributed by atoms with Crippen LogP contribution in [0.5, 0.6) is 11.5 Å². The first-order valence-corrected chi connectivity index (χ1v) is 8.29. The van der Waals surface area contributed by atoms with Gasteiger partial charge in [0.15, 0.2) is 0 Å². The summed E-state index contributed by atoms with van der Waals surface area (Å²) in [5, 5.41) is 9.98. The Labute approximate surface area is 144 Å². The van der Waals surface area contributed by atoms with Gasteiger partial charge < -0.3 is 9.84 Å². The fourth-order valence-electron chi connectivity index (χ4n) is 2.22. The van der Waals surface area contributed by atoms with E-state index < -0.39 is 5.97 Å². The van der Waals surface area contributed by atoms with E-state index in [4.69, 9.17) is 4.74 Å². The summed E-state index contributed by atoms with van der Waals surface area (Å²) < 4.78 is 5.58. The normalized spacial score (nSPS) is 10.4. The van der Waals surface area contributed by atoms with Crippen LogP contribution in [0.4, 0.5) is 0 Å². The molecule has 0 aliphatic rings. The summed E-state index contributed by atoms with van der Waals surface area (Å²) in [5.41, 5.74) is 1.47. The van der Waals surface area contributed by atoms with Crippen molar-refractivity contribution in [3.05, 3.63) is 83.9 Å². The predicted octanol–water partition coefficient (Wildman–Crippen LogP) is 5.07. The SMILES string of the molecule is Cc1cccc(OC(=O)c2ccccc2)c1Sc1ccccc1O. The van der Waals surface area contributed by atoms with Crippen molar-refractivity contribution in [1.29, 1.82) is 0 Å². The Balaban J connectivity index is 1.91. The van der Waals surface area contributed by atoms with Crippen LogP contribution in [0.1, 0.15) is 15.9 Å². The maximum atomic E-state index is 12.3. The molecule has 0 aliphatic carbocycles. The van der Waals surface area contributed by atoms with Crippen molar-refractivity contribution < 1.29 is 14.6 Å². The molecule has 0 fully saturated rings. The first-order valence-electron chi connectivity index (χ1n) is 7.48. The van der Waals surface area contributed by atoms with Crippen molar-refractivity contribution >= 4 is 17.7 Å². The number of ether oxygens (including phenoxy) is 1. The zero-order valence-corrected chi connectivity index (χ0v) is 13.9. The Morgan fingerprint density at radius 3 is 2.38 bits per heavy atom. The zero-order valence-electron chi connectivity index (χ0n) is 13.1. The zero-order chi connectivity index (χ0) is 16.9. The molecule has 3 rings (SSSR count).